The molecule has 0 aliphatic heterocycles. The van der Waals surface area contributed by atoms with Crippen LogP contribution in [-0.4, -0.2) is 4.98 Å². The second-order valence-electron chi connectivity index (χ2n) is 4.02. The van der Waals surface area contributed by atoms with Crippen LogP contribution in [0.4, 0.5) is 0 Å². The normalized spacial score (nSPS) is 12.8. The standard InChI is InChI=1S/C13H21N/c1-5-11(10(3)4)9-13-8-7-12(6-2)14-13/h7-8,11,14H,3,5-6,9H2,1-2,4H3/t11-/m1/s1. The highest BCUT2D eigenvalue weighted by atomic mass is 14.7. The summed E-state index contributed by atoms with van der Waals surface area (Å²) in [6.45, 7) is 10.6. The lowest BCUT2D eigenvalue weighted by Gasteiger charge is -2.13. The van der Waals surface area contributed by atoms with Crippen LogP contribution in [0.1, 0.15) is 38.6 Å². The van der Waals surface area contributed by atoms with Gasteiger partial charge in [-0.15, -0.1) is 0 Å². The summed E-state index contributed by atoms with van der Waals surface area (Å²) in [6, 6.07) is 4.38. The lowest BCUT2D eigenvalue weighted by Crippen LogP contribution is -2.04. The molecule has 78 valence electrons. The van der Waals surface area contributed by atoms with E-state index in [1.165, 1.54) is 23.4 Å². The molecular weight excluding hydrogens is 170 g/mol. The van der Waals surface area contributed by atoms with Crippen LogP contribution in [-0.2, 0) is 12.8 Å². The van der Waals surface area contributed by atoms with E-state index in [1.54, 1.807) is 0 Å². The predicted molar refractivity (Wildman–Crippen MR) is 62.5 cm³/mol. The number of nitrogens with one attached hydrogen (secondary N) is 1. The van der Waals surface area contributed by atoms with E-state index in [-0.39, 0.29) is 0 Å². The molecule has 0 saturated carbocycles. The quantitative estimate of drug-likeness (QED) is 0.683. The fourth-order valence-electron chi connectivity index (χ4n) is 1.75. The van der Waals surface area contributed by atoms with Gasteiger partial charge in [0.2, 0.25) is 0 Å². The number of aromatic amines is 1. The summed E-state index contributed by atoms with van der Waals surface area (Å²) in [5.74, 6) is 0.623. The van der Waals surface area contributed by atoms with Crippen molar-refractivity contribution in [1.29, 1.82) is 0 Å². The summed E-state index contributed by atoms with van der Waals surface area (Å²) in [5.41, 5.74) is 3.97. The summed E-state index contributed by atoms with van der Waals surface area (Å²) in [6.07, 6.45) is 3.37. The first-order valence-corrected chi connectivity index (χ1v) is 5.49. The van der Waals surface area contributed by atoms with Crippen molar-refractivity contribution in [3.05, 3.63) is 35.7 Å². The monoisotopic (exact) mass is 191 g/mol. The van der Waals surface area contributed by atoms with Crippen LogP contribution in [0.3, 0.4) is 0 Å². The number of hydrogen-bond donors (Lipinski definition) is 1. The second kappa shape index (κ2) is 5.04. The molecule has 1 rings (SSSR count). The number of aromatic nitrogens is 1. The molecule has 0 spiro atoms. The van der Waals surface area contributed by atoms with Gasteiger partial charge >= 0.3 is 0 Å². The van der Waals surface area contributed by atoms with E-state index in [0.717, 1.165) is 12.8 Å². The highest BCUT2D eigenvalue weighted by Gasteiger charge is 2.08. The molecular formula is C13H21N. The molecule has 0 aromatic carbocycles. The van der Waals surface area contributed by atoms with Crippen molar-refractivity contribution in [2.24, 2.45) is 5.92 Å². The molecule has 1 heterocycles. The van der Waals surface area contributed by atoms with Crippen LogP contribution < -0.4 is 0 Å². The number of aryl methyl sites for hydroxylation is 1. The summed E-state index contributed by atoms with van der Waals surface area (Å²) in [7, 11) is 0. The van der Waals surface area contributed by atoms with Crippen molar-refractivity contribution in [1.82, 2.24) is 4.98 Å². The van der Waals surface area contributed by atoms with Crippen molar-refractivity contribution in [3.63, 3.8) is 0 Å². The Kier molecular flexibility index (Phi) is 3.99. The first kappa shape index (κ1) is 11.1. The van der Waals surface area contributed by atoms with E-state index >= 15 is 0 Å². The van der Waals surface area contributed by atoms with Crippen LogP contribution in [0.15, 0.2) is 24.3 Å². The smallest absolute Gasteiger partial charge is 0.0155 e. The van der Waals surface area contributed by atoms with E-state index in [0.29, 0.717) is 5.92 Å². The molecule has 1 N–H and O–H groups in total. The van der Waals surface area contributed by atoms with Crippen molar-refractivity contribution < 1.29 is 0 Å². The van der Waals surface area contributed by atoms with Crippen molar-refractivity contribution in [3.8, 4) is 0 Å². The minimum absolute atomic E-state index is 0.623. The molecule has 0 radical (unpaired) electrons. The molecule has 0 bridgehead atoms. The molecule has 14 heavy (non-hydrogen) atoms. The Hall–Kier alpha value is -0.980. The zero-order valence-electron chi connectivity index (χ0n) is 9.56. The van der Waals surface area contributed by atoms with Crippen LogP contribution in [0.5, 0.6) is 0 Å². The summed E-state index contributed by atoms with van der Waals surface area (Å²) < 4.78 is 0. The van der Waals surface area contributed by atoms with Crippen LogP contribution >= 0.6 is 0 Å². The van der Waals surface area contributed by atoms with E-state index in [4.69, 9.17) is 0 Å². The first-order chi connectivity index (χ1) is 6.67. The minimum atomic E-state index is 0.623. The molecule has 0 fully saturated rings. The molecule has 1 aromatic heterocycles. The molecule has 1 nitrogen and oxygen atoms in total. The average Bonchev–Trinajstić information content (AvgIpc) is 2.61. The largest absolute Gasteiger partial charge is 0.362 e. The van der Waals surface area contributed by atoms with E-state index in [9.17, 15) is 0 Å². The Morgan fingerprint density at radius 1 is 1.36 bits per heavy atom. The Morgan fingerprint density at radius 3 is 2.43 bits per heavy atom. The zero-order valence-corrected chi connectivity index (χ0v) is 9.56. The second-order valence-corrected chi connectivity index (χ2v) is 4.02. The van der Waals surface area contributed by atoms with Gasteiger partial charge in [0.05, 0.1) is 0 Å². The molecule has 0 aliphatic rings. The van der Waals surface area contributed by atoms with Crippen LogP contribution in [0.25, 0.3) is 0 Å². The molecule has 1 atom stereocenters. The SMILES string of the molecule is C=C(C)[C@H](CC)Cc1ccc(CC)[nH]1. The Balaban J connectivity index is 2.62. The average molecular weight is 191 g/mol. The lowest BCUT2D eigenvalue weighted by atomic mass is 9.94. The van der Waals surface area contributed by atoms with Gasteiger partial charge in [0.25, 0.3) is 0 Å². The minimum Gasteiger partial charge on any atom is -0.362 e. The van der Waals surface area contributed by atoms with Gasteiger partial charge in [0, 0.05) is 11.4 Å². The van der Waals surface area contributed by atoms with E-state index in [1.807, 2.05) is 0 Å². The Bertz CT molecular complexity index is 296. The molecule has 1 heteroatoms. The fourth-order valence-corrected chi connectivity index (χ4v) is 1.75. The predicted octanol–water partition coefficient (Wildman–Crippen LogP) is 3.72. The van der Waals surface area contributed by atoms with Crippen LogP contribution in [0.2, 0.25) is 0 Å². The maximum Gasteiger partial charge on any atom is 0.0155 e. The third kappa shape index (κ3) is 2.76. The van der Waals surface area contributed by atoms with E-state index in [2.05, 4.69) is 44.5 Å². The third-order valence-electron chi connectivity index (χ3n) is 2.84. The summed E-state index contributed by atoms with van der Waals surface area (Å²) >= 11 is 0. The van der Waals surface area contributed by atoms with E-state index < -0.39 is 0 Å². The number of hydrogen-bond acceptors (Lipinski definition) is 0. The lowest BCUT2D eigenvalue weighted by molar-refractivity contribution is 0.583. The number of rotatable bonds is 5. The molecule has 0 unspecified atom stereocenters. The van der Waals surface area contributed by atoms with Gasteiger partial charge in [-0.05, 0) is 44.2 Å². The Morgan fingerprint density at radius 2 is 2.00 bits per heavy atom. The van der Waals surface area contributed by atoms with Crippen LogP contribution in [0, 0.1) is 5.92 Å². The highest BCUT2D eigenvalue weighted by Crippen LogP contribution is 2.18. The maximum atomic E-state index is 4.04. The summed E-state index contributed by atoms with van der Waals surface area (Å²) in [4.78, 5) is 3.44. The molecule has 0 aliphatic carbocycles. The topological polar surface area (TPSA) is 15.8 Å². The van der Waals surface area contributed by atoms with Crippen molar-refractivity contribution in [2.45, 2.75) is 40.0 Å². The molecule has 0 amide bonds. The van der Waals surface area contributed by atoms with Crippen molar-refractivity contribution in [2.75, 3.05) is 0 Å². The van der Waals surface area contributed by atoms with Gasteiger partial charge < -0.3 is 4.98 Å². The van der Waals surface area contributed by atoms with Gasteiger partial charge in [-0.2, -0.15) is 0 Å². The van der Waals surface area contributed by atoms with Gasteiger partial charge in [0.15, 0.2) is 0 Å². The van der Waals surface area contributed by atoms with Gasteiger partial charge in [0.1, 0.15) is 0 Å². The van der Waals surface area contributed by atoms with Gasteiger partial charge in [-0.3, -0.25) is 0 Å². The highest BCUT2D eigenvalue weighted by molar-refractivity contribution is 5.15. The van der Waals surface area contributed by atoms with Gasteiger partial charge in [-0.25, -0.2) is 0 Å². The fraction of sp³-hybridized carbons (Fsp3) is 0.538. The van der Waals surface area contributed by atoms with Crippen molar-refractivity contribution >= 4 is 0 Å². The number of H-pyrrole nitrogens is 1. The number of allylic oxidation sites excluding steroid dienone is 1. The maximum absolute atomic E-state index is 4.04. The van der Waals surface area contributed by atoms with Gasteiger partial charge in [-0.1, -0.05) is 26.0 Å². The Labute approximate surface area is 87.2 Å². The molecule has 1 aromatic rings. The zero-order chi connectivity index (χ0) is 10.6. The summed E-state index contributed by atoms with van der Waals surface area (Å²) in [5, 5.41) is 0. The molecule has 0 saturated heterocycles. The first-order valence-electron chi connectivity index (χ1n) is 5.49. The third-order valence-corrected chi connectivity index (χ3v) is 2.84.